The Bertz CT molecular complexity index is 847. The molecule has 108 valence electrons. The Hall–Kier alpha value is -2.85. The first-order valence-electron chi connectivity index (χ1n) is 6.49. The zero-order valence-corrected chi connectivity index (χ0v) is 12.5. The van der Waals surface area contributed by atoms with E-state index >= 15 is 0 Å². The summed E-state index contributed by atoms with van der Waals surface area (Å²) in [5.41, 5.74) is 1.24. The molecule has 0 aromatic carbocycles. The molecule has 0 aliphatic heterocycles. The minimum absolute atomic E-state index is 0.277. The molecule has 3 aromatic heterocycles. The van der Waals surface area contributed by atoms with Crippen LogP contribution in [0.1, 0.15) is 27.0 Å². The summed E-state index contributed by atoms with van der Waals surface area (Å²) >= 11 is 1.32. The Morgan fingerprint density at radius 1 is 1.45 bits per heavy atom. The molecule has 1 atom stereocenters. The SMILES string of the molecule is Cc1csc(C(C#N)C(=O)c2ccnc(-n3ccnc3)c2)n1. The van der Waals surface area contributed by atoms with Crippen molar-refractivity contribution in [3.8, 4) is 11.9 Å². The molecular formula is C15H11N5OS. The minimum atomic E-state index is -0.892. The van der Waals surface area contributed by atoms with Gasteiger partial charge in [0, 0.05) is 35.2 Å². The maximum Gasteiger partial charge on any atom is 0.187 e. The molecule has 0 spiro atoms. The third-order valence-corrected chi connectivity index (χ3v) is 4.10. The normalized spacial score (nSPS) is 11.8. The van der Waals surface area contributed by atoms with Crippen LogP contribution in [0.15, 0.2) is 42.4 Å². The van der Waals surface area contributed by atoms with Crippen LogP contribution in [0.5, 0.6) is 0 Å². The van der Waals surface area contributed by atoms with Crippen molar-refractivity contribution in [1.29, 1.82) is 5.26 Å². The second-order valence-electron chi connectivity index (χ2n) is 4.63. The fourth-order valence-corrected chi connectivity index (χ4v) is 2.84. The Kier molecular flexibility index (Phi) is 3.76. The quantitative estimate of drug-likeness (QED) is 0.691. The van der Waals surface area contributed by atoms with E-state index in [1.165, 1.54) is 11.3 Å². The summed E-state index contributed by atoms with van der Waals surface area (Å²) in [6, 6.07) is 5.30. The van der Waals surface area contributed by atoms with Crippen LogP contribution in [0.3, 0.4) is 0 Å². The number of pyridine rings is 1. The molecule has 0 bridgehead atoms. The fraction of sp³-hybridized carbons (Fsp3) is 0.133. The minimum Gasteiger partial charge on any atom is -0.292 e. The molecule has 0 aliphatic rings. The monoisotopic (exact) mass is 309 g/mol. The number of aryl methyl sites for hydroxylation is 1. The lowest BCUT2D eigenvalue weighted by molar-refractivity contribution is 0.0978. The van der Waals surface area contributed by atoms with Gasteiger partial charge in [0.25, 0.3) is 0 Å². The van der Waals surface area contributed by atoms with Crippen LogP contribution in [0, 0.1) is 18.3 Å². The van der Waals surface area contributed by atoms with E-state index in [-0.39, 0.29) is 5.78 Å². The Morgan fingerprint density at radius 3 is 2.95 bits per heavy atom. The molecule has 0 fully saturated rings. The van der Waals surface area contributed by atoms with Crippen molar-refractivity contribution in [1.82, 2.24) is 19.5 Å². The highest BCUT2D eigenvalue weighted by atomic mass is 32.1. The van der Waals surface area contributed by atoms with E-state index in [0.717, 1.165) is 5.69 Å². The highest BCUT2D eigenvalue weighted by Gasteiger charge is 2.25. The molecule has 0 amide bonds. The molecule has 7 heteroatoms. The summed E-state index contributed by atoms with van der Waals surface area (Å²) in [5.74, 6) is -0.590. The van der Waals surface area contributed by atoms with E-state index in [9.17, 15) is 10.1 Å². The van der Waals surface area contributed by atoms with Crippen molar-refractivity contribution in [3.63, 3.8) is 0 Å². The number of ketones is 1. The molecule has 22 heavy (non-hydrogen) atoms. The first-order chi connectivity index (χ1) is 10.7. The van der Waals surface area contributed by atoms with Crippen LogP contribution in [0.4, 0.5) is 0 Å². The van der Waals surface area contributed by atoms with Crippen molar-refractivity contribution < 1.29 is 4.79 Å². The molecule has 3 rings (SSSR count). The average Bonchev–Trinajstić information content (AvgIpc) is 3.20. The average molecular weight is 309 g/mol. The highest BCUT2D eigenvalue weighted by molar-refractivity contribution is 7.10. The predicted molar refractivity (Wildman–Crippen MR) is 80.9 cm³/mol. The van der Waals surface area contributed by atoms with E-state index in [0.29, 0.717) is 16.4 Å². The van der Waals surface area contributed by atoms with Gasteiger partial charge in [0.2, 0.25) is 0 Å². The molecule has 0 N–H and O–H groups in total. The predicted octanol–water partition coefficient (Wildman–Crippen LogP) is 2.52. The summed E-state index contributed by atoms with van der Waals surface area (Å²) in [6.45, 7) is 1.84. The van der Waals surface area contributed by atoms with Gasteiger partial charge in [-0.2, -0.15) is 5.26 Å². The van der Waals surface area contributed by atoms with Gasteiger partial charge < -0.3 is 0 Å². The largest absolute Gasteiger partial charge is 0.292 e. The topological polar surface area (TPSA) is 84.5 Å². The molecule has 0 radical (unpaired) electrons. The zero-order valence-electron chi connectivity index (χ0n) is 11.7. The van der Waals surface area contributed by atoms with Gasteiger partial charge in [-0.1, -0.05) is 0 Å². The van der Waals surface area contributed by atoms with E-state index in [2.05, 4.69) is 15.0 Å². The van der Waals surface area contributed by atoms with Crippen molar-refractivity contribution in [2.24, 2.45) is 0 Å². The number of thiazole rings is 1. The van der Waals surface area contributed by atoms with Gasteiger partial charge in [-0.15, -0.1) is 11.3 Å². The third kappa shape index (κ3) is 2.64. The van der Waals surface area contributed by atoms with Gasteiger partial charge in [0.15, 0.2) is 11.7 Å². The van der Waals surface area contributed by atoms with Crippen LogP contribution >= 0.6 is 11.3 Å². The van der Waals surface area contributed by atoms with Crippen LogP contribution in [0.2, 0.25) is 0 Å². The molecule has 1 unspecified atom stereocenters. The molecule has 0 saturated carbocycles. The second-order valence-corrected chi connectivity index (χ2v) is 5.52. The van der Waals surface area contributed by atoms with Gasteiger partial charge in [0.1, 0.15) is 17.2 Å². The maximum absolute atomic E-state index is 12.6. The summed E-state index contributed by atoms with van der Waals surface area (Å²) in [5, 5.41) is 11.7. The van der Waals surface area contributed by atoms with Crippen LogP contribution in [-0.4, -0.2) is 25.3 Å². The summed E-state index contributed by atoms with van der Waals surface area (Å²) in [7, 11) is 0. The molecular weight excluding hydrogens is 298 g/mol. The van der Waals surface area contributed by atoms with Crippen LogP contribution in [-0.2, 0) is 0 Å². The lowest BCUT2D eigenvalue weighted by Crippen LogP contribution is -2.12. The van der Waals surface area contributed by atoms with Gasteiger partial charge in [0.05, 0.1) is 6.07 Å². The summed E-state index contributed by atoms with van der Waals surface area (Å²) < 4.78 is 1.70. The van der Waals surface area contributed by atoms with Crippen LogP contribution in [0.25, 0.3) is 5.82 Å². The van der Waals surface area contributed by atoms with Gasteiger partial charge in [-0.3, -0.25) is 9.36 Å². The number of nitriles is 1. The lowest BCUT2D eigenvalue weighted by Gasteiger charge is -2.07. The molecule has 3 aromatic rings. The smallest absolute Gasteiger partial charge is 0.187 e. The standard InChI is InChI=1S/C15H11N5OS/c1-10-8-22-15(19-10)12(7-16)14(21)11-2-3-18-13(6-11)20-5-4-17-9-20/h2-6,8-9,12H,1H3. The van der Waals surface area contributed by atoms with E-state index in [1.807, 2.05) is 18.4 Å². The Balaban J connectivity index is 1.95. The first kappa shape index (κ1) is 14.1. The number of Topliss-reactive ketones (excluding diaryl/α,β-unsaturated/α-hetero) is 1. The zero-order chi connectivity index (χ0) is 15.5. The van der Waals surface area contributed by atoms with Crippen molar-refractivity contribution in [2.45, 2.75) is 12.8 Å². The van der Waals surface area contributed by atoms with E-state index < -0.39 is 5.92 Å². The van der Waals surface area contributed by atoms with Gasteiger partial charge in [-0.05, 0) is 19.1 Å². The second kappa shape index (κ2) is 5.87. The number of aromatic nitrogens is 4. The summed E-state index contributed by atoms with van der Waals surface area (Å²) in [4.78, 5) is 25.0. The molecule has 6 nitrogen and oxygen atoms in total. The number of hydrogen-bond acceptors (Lipinski definition) is 6. The Labute approximate surface area is 130 Å². The third-order valence-electron chi connectivity index (χ3n) is 3.07. The number of carbonyl (C=O) groups excluding carboxylic acids is 1. The van der Waals surface area contributed by atoms with E-state index in [1.54, 1.807) is 41.6 Å². The number of carbonyl (C=O) groups is 1. The number of rotatable bonds is 4. The van der Waals surface area contributed by atoms with Crippen molar-refractivity contribution in [2.75, 3.05) is 0 Å². The molecule has 3 heterocycles. The number of hydrogen-bond donors (Lipinski definition) is 0. The number of nitrogens with zero attached hydrogens (tertiary/aromatic N) is 5. The maximum atomic E-state index is 12.6. The summed E-state index contributed by atoms with van der Waals surface area (Å²) in [6.07, 6.45) is 6.52. The molecule has 0 aliphatic carbocycles. The molecule has 0 saturated heterocycles. The van der Waals surface area contributed by atoms with Gasteiger partial charge in [-0.25, -0.2) is 15.0 Å². The van der Waals surface area contributed by atoms with E-state index in [4.69, 9.17) is 0 Å². The Morgan fingerprint density at radius 2 is 2.32 bits per heavy atom. The van der Waals surface area contributed by atoms with Gasteiger partial charge >= 0.3 is 0 Å². The van der Waals surface area contributed by atoms with Crippen molar-refractivity contribution >= 4 is 17.1 Å². The fourth-order valence-electron chi connectivity index (χ4n) is 2.00. The van der Waals surface area contributed by atoms with Crippen molar-refractivity contribution in [3.05, 3.63) is 58.7 Å². The number of imidazole rings is 1. The highest BCUT2D eigenvalue weighted by Crippen LogP contribution is 2.24. The van der Waals surface area contributed by atoms with Crippen LogP contribution < -0.4 is 0 Å². The first-order valence-corrected chi connectivity index (χ1v) is 7.37. The lowest BCUT2D eigenvalue weighted by atomic mass is 10.0.